The molecule has 152 valence electrons. The van der Waals surface area contributed by atoms with Crippen LogP contribution >= 0.6 is 11.6 Å². The molecule has 7 nitrogen and oxygen atoms in total. The Morgan fingerprint density at radius 3 is 2.86 bits per heavy atom. The normalized spacial score (nSPS) is 23.5. The average Bonchev–Trinajstić information content (AvgIpc) is 3.34. The van der Waals surface area contributed by atoms with Gasteiger partial charge in [-0.15, -0.1) is 0 Å². The molecule has 0 aromatic heterocycles. The van der Waals surface area contributed by atoms with Gasteiger partial charge in [-0.2, -0.15) is 0 Å². The van der Waals surface area contributed by atoms with E-state index in [1.54, 1.807) is 7.05 Å². The predicted octanol–water partition coefficient (Wildman–Crippen LogP) is 1.87. The number of allylic oxidation sites excluding steroid dienone is 1. The molecule has 0 bridgehead atoms. The number of rotatable bonds is 5. The molecule has 1 unspecified atom stereocenters. The van der Waals surface area contributed by atoms with E-state index in [4.69, 9.17) is 27.9 Å². The Labute approximate surface area is 170 Å². The third kappa shape index (κ3) is 3.43. The third-order valence-electron chi connectivity index (χ3n) is 6.24. The average molecular weight is 406 g/mol. The van der Waals surface area contributed by atoms with Crippen LogP contribution in [0, 0.1) is 5.41 Å². The fourth-order valence-electron chi connectivity index (χ4n) is 4.16. The molecule has 1 atom stereocenters. The molecular formula is C20H28ClN5O2. The molecule has 1 amide bonds. The van der Waals surface area contributed by atoms with Crippen molar-refractivity contribution in [3.05, 3.63) is 39.7 Å². The summed E-state index contributed by atoms with van der Waals surface area (Å²) in [6.45, 7) is 3.63. The number of carbonyl (C=O) groups excluding carboxylic acids is 1. The Morgan fingerprint density at radius 2 is 2.21 bits per heavy atom. The number of halogens is 1. The van der Waals surface area contributed by atoms with Crippen LogP contribution in [-0.2, 0) is 11.2 Å². The second-order valence-corrected chi connectivity index (χ2v) is 8.66. The summed E-state index contributed by atoms with van der Waals surface area (Å²) < 4.78 is 6.08. The van der Waals surface area contributed by atoms with E-state index in [2.05, 4.69) is 5.32 Å². The van der Waals surface area contributed by atoms with Gasteiger partial charge in [-0.05, 0) is 49.3 Å². The first-order valence-electron chi connectivity index (χ1n) is 9.72. The Balaban J connectivity index is 1.64. The van der Waals surface area contributed by atoms with Crippen LogP contribution in [0.2, 0.25) is 5.02 Å². The van der Waals surface area contributed by atoms with Crippen LogP contribution in [0.25, 0.3) is 0 Å². The number of amides is 1. The SMILES string of the molecule is C/C(=C(/N)COc1ccc(Cl)c2c1C(N1CC3(CC3)CC1=O)NCC2)N(C)N. The van der Waals surface area contributed by atoms with Crippen molar-refractivity contribution >= 4 is 17.5 Å². The maximum absolute atomic E-state index is 12.7. The molecule has 1 spiro atoms. The summed E-state index contributed by atoms with van der Waals surface area (Å²) in [5.41, 5.74) is 9.63. The third-order valence-corrected chi connectivity index (χ3v) is 6.60. The van der Waals surface area contributed by atoms with Crippen LogP contribution in [0.15, 0.2) is 23.5 Å². The molecule has 3 aliphatic rings. The van der Waals surface area contributed by atoms with Crippen molar-refractivity contribution < 1.29 is 9.53 Å². The van der Waals surface area contributed by atoms with Crippen LogP contribution in [0.1, 0.15) is 43.5 Å². The maximum Gasteiger partial charge on any atom is 0.224 e. The van der Waals surface area contributed by atoms with Gasteiger partial charge >= 0.3 is 0 Å². The number of hydrogen-bond donors (Lipinski definition) is 3. The van der Waals surface area contributed by atoms with E-state index in [1.807, 2.05) is 24.0 Å². The number of nitrogens with zero attached hydrogens (tertiary/aromatic N) is 2. The smallest absolute Gasteiger partial charge is 0.224 e. The fraction of sp³-hybridized carbons (Fsp3) is 0.550. The summed E-state index contributed by atoms with van der Waals surface area (Å²) in [4.78, 5) is 14.7. The highest BCUT2D eigenvalue weighted by molar-refractivity contribution is 6.31. The minimum Gasteiger partial charge on any atom is -0.487 e. The minimum atomic E-state index is -0.214. The maximum atomic E-state index is 12.7. The van der Waals surface area contributed by atoms with Crippen molar-refractivity contribution in [1.82, 2.24) is 15.2 Å². The zero-order valence-corrected chi connectivity index (χ0v) is 17.2. The summed E-state index contributed by atoms with van der Waals surface area (Å²) in [6, 6.07) is 3.72. The number of hydrogen-bond acceptors (Lipinski definition) is 6. The van der Waals surface area contributed by atoms with Gasteiger partial charge in [0.05, 0.1) is 5.70 Å². The number of fused-ring (bicyclic) bond motifs is 1. The number of nitrogens with two attached hydrogens (primary N) is 2. The largest absolute Gasteiger partial charge is 0.487 e. The summed E-state index contributed by atoms with van der Waals surface area (Å²) >= 11 is 6.50. The topological polar surface area (TPSA) is 96.8 Å². The molecule has 2 aliphatic heterocycles. The molecule has 1 saturated heterocycles. The van der Waals surface area contributed by atoms with Crippen molar-refractivity contribution in [2.45, 2.75) is 38.8 Å². The number of hydrazine groups is 1. The number of likely N-dealkylation sites (tertiary alicyclic amines) is 1. The molecular weight excluding hydrogens is 378 g/mol. The van der Waals surface area contributed by atoms with E-state index in [0.29, 0.717) is 22.9 Å². The minimum absolute atomic E-state index is 0.200. The first-order valence-corrected chi connectivity index (χ1v) is 10.1. The molecule has 2 fully saturated rings. The molecule has 4 rings (SSSR count). The molecule has 1 aromatic carbocycles. The van der Waals surface area contributed by atoms with E-state index in [1.165, 1.54) is 5.01 Å². The molecule has 5 N–H and O–H groups in total. The quantitative estimate of drug-likeness (QED) is 0.511. The van der Waals surface area contributed by atoms with Crippen LogP contribution < -0.4 is 21.6 Å². The van der Waals surface area contributed by atoms with Crippen molar-refractivity contribution in [3.8, 4) is 5.75 Å². The van der Waals surface area contributed by atoms with Crippen molar-refractivity contribution in [2.24, 2.45) is 17.0 Å². The van der Waals surface area contributed by atoms with Crippen LogP contribution in [0.3, 0.4) is 0 Å². The molecule has 0 radical (unpaired) electrons. The van der Waals surface area contributed by atoms with Gasteiger partial charge in [-0.3, -0.25) is 10.1 Å². The second kappa shape index (κ2) is 7.13. The lowest BCUT2D eigenvalue weighted by Crippen LogP contribution is -2.43. The summed E-state index contributed by atoms with van der Waals surface area (Å²) in [7, 11) is 1.74. The number of carbonyl (C=O) groups is 1. The van der Waals surface area contributed by atoms with Gasteiger partial charge in [0.25, 0.3) is 0 Å². The first kappa shape index (κ1) is 19.4. The number of ether oxygens (including phenoxy) is 1. The Kier molecular flexibility index (Phi) is 4.93. The highest BCUT2D eigenvalue weighted by Crippen LogP contribution is 2.55. The monoisotopic (exact) mass is 405 g/mol. The van der Waals surface area contributed by atoms with Crippen molar-refractivity contribution in [1.29, 1.82) is 0 Å². The van der Waals surface area contributed by atoms with Gasteiger partial charge in [0.15, 0.2) is 0 Å². The second-order valence-electron chi connectivity index (χ2n) is 8.25. The van der Waals surface area contributed by atoms with Gasteiger partial charge in [0.1, 0.15) is 18.5 Å². The van der Waals surface area contributed by atoms with E-state index >= 15 is 0 Å². The Bertz CT molecular complexity index is 834. The zero-order chi connectivity index (χ0) is 20.1. The molecule has 1 aromatic rings. The standard InChI is InChI=1S/C20H28ClN5O2/c1-12(25(2)23)15(22)10-28-16-4-3-14(21)13-5-8-24-19(18(13)16)26-11-20(6-7-20)9-17(26)27/h3-4,19,24H,5-11,22-23H2,1-2H3/b15-12-. The lowest BCUT2D eigenvalue weighted by Gasteiger charge is -2.36. The highest BCUT2D eigenvalue weighted by Gasteiger charge is 2.53. The van der Waals surface area contributed by atoms with E-state index in [-0.39, 0.29) is 24.1 Å². The van der Waals surface area contributed by atoms with Gasteiger partial charge in [-0.1, -0.05) is 11.6 Å². The van der Waals surface area contributed by atoms with Crippen LogP contribution in [0.4, 0.5) is 0 Å². The van der Waals surface area contributed by atoms with Crippen LogP contribution in [0.5, 0.6) is 5.75 Å². The predicted molar refractivity (Wildman–Crippen MR) is 108 cm³/mol. The van der Waals surface area contributed by atoms with Crippen molar-refractivity contribution in [2.75, 3.05) is 26.7 Å². The molecule has 1 saturated carbocycles. The van der Waals surface area contributed by atoms with Crippen LogP contribution in [-0.4, -0.2) is 42.6 Å². The molecule has 1 aliphatic carbocycles. The fourth-order valence-corrected chi connectivity index (χ4v) is 4.42. The van der Waals surface area contributed by atoms with E-state index in [0.717, 1.165) is 49.2 Å². The van der Waals surface area contributed by atoms with E-state index in [9.17, 15) is 4.79 Å². The van der Waals surface area contributed by atoms with Gasteiger partial charge in [-0.25, -0.2) is 5.84 Å². The van der Waals surface area contributed by atoms with Gasteiger partial charge < -0.3 is 20.4 Å². The lowest BCUT2D eigenvalue weighted by atomic mass is 9.96. The van der Waals surface area contributed by atoms with Gasteiger partial charge in [0.2, 0.25) is 5.91 Å². The van der Waals surface area contributed by atoms with Crippen molar-refractivity contribution in [3.63, 3.8) is 0 Å². The Morgan fingerprint density at radius 1 is 1.46 bits per heavy atom. The van der Waals surface area contributed by atoms with Gasteiger partial charge in [0, 0.05) is 42.8 Å². The molecule has 2 heterocycles. The molecule has 28 heavy (non-hydrogen) atoms. The van der Waals surface area contributed by atoms with E-state index < -0.39 is 0 Å². The summed E-state index contributed by atoms with van der Waals surface area (Å²) in [6.07, 6.45) is 3.51. The summed E-state index contributed by atoms with van der Waals surface area (Å²) in [5, 5.41) is 5.69. The first-order chi connectivity index (χ1) is 13.3. The number of benzene rings is 1. The highest BCUT2D eigenvalue weighted by atomic mass is 35.5. The summed E-state index contributed by atoms with van der Waals surface area (Å²) in [5.74, 6) is 6.66. The number of nitrogens with one attached hydrogen (secondary N) is 1. The zero-order valence-electron chi connectivity index (χ0n) is 16.4. The molecule has 8 heteroatoms. The Hall–Kier alpha value is -1.96. The lowest BCUT2D eigenvalue weighted by molar-refractivity contribution is -0.130.